The zero-order valence-corrected chi connectivity index (χ0v) is 9.66. The van der Waals surface area contributed by atoms with E-state index in [1.54, 1.807) is 6.07 Å². The van der Waals surface area contributed by atoms with Crippen molar-refractivity contribution in [3.05, 3.63) is 17.5 Å². The summed E-state index contributed by atoms with van der Waals surface area (Å²) in [7, 11) is -3.44. The van der Waals surface area contributed by atoms with Crippen LogP contribution in [0.3, 0.4) is 0 Å². The maximum atomic E-state index is 11.5. The van der Waals surface area contributed by atoms with E-state index >= 15 is 0 Å². The van der Waals surface area contributed by atoms with Crippen LogP contribution in [0.5, 0.6) is 0 Å². The molecule has 0 aliphatic heterocycles. The summed E-state index contributed by atoms with van der Waals surface area (Å²) in [6.07, 6.45) is 0.274. The van der Waals surface area contributed by atoms with Crippen LogP contribution >= 0.6 is 0 Å². The molecule has 0 atom stereocenters. The van der Waals surface area contributed by atoms with Crippen molar-refractivity contribution in [2.75, 3.05) is 5.75 Å². The molecule has 0 saturated carbocycles. The predicted octanol–water partition coefficient (Wildman–Crippen LogP) is 0.627. The fourth-order valence-corrected chi connectivity index (χ4v) is 2.32. The second kappa shape index (κ2) is 5.11. The quantitative estimate of drug-likeness (QED) is 0.791. The van der Waals surface area contributed by atoms with Gasteiger partial charge in [0.2, 0.25) is 0 Å². The van der Waals surface area contributed by atoms with Crippen molar-refractivity contribution in [2.24, 2.45) is 0 Å². The molecule has 90 valence electrons. The van der Waals surface area contributed by atoms with Crippen LogP contribution in [-0.4, -0.2) is 30.4 Å². The highest BCUT2D eigenvalue weighted by atomic mass is 32.2. The molecule has 1 aromatic heterocycles. The van der Waals surface area contributed by atoms with Gasteiger partial charge in [0.1, 0.15) is 5.75 Å². The van der Waals surface area contributed by atoms with E-state index in [0.29, 0.717) is 12.1 Å². The van der Waals surface area contributed by atoms with Crippen molar-refractivity contribution in [2.45, 2.75) is 25.5 Å². The van der Waals surface area contributed by atoms with Gasteiger partial charge in [-0.15, -0.1) is 0 Å². The molecule has 16 heavy (non-hydrogen) atoms. The molecule has 0 bridgehead atoms. The van der Waals surface area contributed by atoms with Gasteiger partial charge in [-0.05, 0) is 6.42 Å². The molecule has 0 aliphatic rings. The largest absolute Gasteiger partial charge is 0.481 e. The zero-order valence-electron chi connectivity index (χ0n) is 8.84. The molecule has 0 unspecified atom stereocenters. The first-order chi connectivity index (χ1) is 7.43. The molecular formula is C9H13NO5S. The standard InChI is InChI=1S/C9H13NO5S/c1-2-7-5-8(15-10-7)6-16(13,14)4-3-9(11)12/h5H,2-4,6H2,1H3,(H,11,12). The number of rotatable bonds is 6. The predicted molar refractivity (Wildman–Crippen MR) is 55.6 cm³/mol. The van der Waals surface area contributed by atoms with Crippen LogP contribution in [0.1, 0.15) is 24.8 Å². The highest BCUT2D eigenvalue weighted by Gasteiger charge is 2.17. The third-order valence-corrected chi connectivity index (χ3v) is 3.51. The van der Waals surface area contributed by atoms with E-state index in [4.69, 9.17) is 9.63 Å². The van der Waals surface area contributed by atoms with E-state index in [-0.39, 0.29) is 17.3 Å². The lowest BCUT2D eigenvalue weighted by atomic mass is 10.3. The molecule has 1 N–H and O–H groups in total. The lowest BCUT2D eigenvalue weighted by molar-refractivity contribution is -0.136. The molecule has 0 amide bonds. The summed E-state index contributed by atoms with van der Waals surface area (Å²) in [6, 6.07) is 1.57. The fraction of sp³-hybridized carbons (Fsp3) is 0.556. The highest BCUT2D eigenvalue weighted by molar-refractivity contribution is 7.90. The fourth-order valence-electron chi connectivity index (χ4n) is 1.12. The number of nitrogens with zero attached hydrogens (tertiary/aromatic N) is 1. The maximum Gasteiger partial charge on any atom is 0.304 e. The number of sulfone groups is 1. The number of aliphatic carboxylic acids is 1. The Morgan fingerprint density at radius 2 is 2.25 bits per heavy atom. The third-order valence-electron chi connectivity index (χ3n) is 1.96. The first-order valence-electron chi connectivity index (χ1n) is 4.79. The van der Waals surface area contributed by atoms with Crippen molar-refractivity contribution >= 4 is 15.8 Å². The number of carbonyl (C=O) groups is 1. The second-order valence-electron chi connectivity index (χ2n) is 3.37. The van der Waals surface area contributed by atoms with Crippen molar-refractivity contribution < 1.29 is 22.8 Å². The summed E-state index contributed by atoms with van der Waals surface area (Å²) in [6.45, 7) is 1.88. The SMILES string of the molecule is CCc1cc(CS(=O)(=O)CCC(=O)O)on1. The number of hydrogen-bond acceptors (Lipinski definition) is 5. The zero-order chi connectivity index (χ0) is 12.2. The molecule has 0 aromatic carbocycles. The van der Waals surface area contributed by atoms with E-state index in [9.17, 15) is 13.2 Å². The van der Waals surface area contributed by atoms with Gasteiger partial charge in [0, 0.05) is 6.07 Å². The van der Waals surface area contributed by atoms with Gasteiger partial charge in [-0.1, -0.05) is 12.1 Å². The molecule has 1 aromatic rings. The molecule has 0 aliphatic carbocycles. The van der Waals surface area contributed by atoms with Crippen molar-refractivity contribution in [1.29, 1.82) is 0 Å². The van der Waals surface area contributed by atoms with E-state index < -0.39 is 22.2 Å². The normalized spacial score (nSPS) is 11.6. The Labute approximate surface area is 93.2 Å². The monoisotopic (exact) mass is 247 g/mol. The Hall–Kier alpha value is -1.37. The number of aryl methyl sites for hydroxylation is 1. The third kappa shape index (κ3) is 4.01. The minimum atomic E-state index is -3.44. The van der Waals surface area contributed by atoms with Crippen molar-refractivity contribution in [1.82, 2.24) is 5.16 Å². The number of carboxylic acids is 1. The topological polar surface area (TPSA) is 97.5 Å². The van der Waals surface area contributed by atoms with Gasteiger partial charge in [0.05, 0.1) is 17.9 Å². The van der Waals surface area contributed by atoms with E-state index in [1.807, 2.05) is 6.92 Å². The van der Waals surface area contributed by atoms with Crippen LogP contribution in [0.15, 0.2) is 10.6 Å². The Kier molecular flexibility index (Phi) is 4.05. The first-order valence-corrected chi connectivity index (χ1v) is 6.62. The van der Waals surface area contributed by atoms with Crippen LogP contribution < -0.4 is 0 Å². The average molecular weight is 247 g/mol. The average Bonchev–Trinajstić information content (AvgIpc) is 2.62. The number of carboxylic acid groups (broad SMARTS) is 1. The lowest BCUT2D eigenvalue weighted by Crippen LogP contribution is -2.12. The van der Waals surface area contributed by atoms with Crippen molar-refractivity contribution in [3.8, 4) is 0 Å². The molecule has 0 fully saturated rings. The minimum absolute atomic E-state index is 0.252. The Bertz CT molecular complexity index is 462. The Morgan fingerprint density at radius 3 is 2.75 bits per heavy atom. The maximum absolute atomic E-state index is 11.5. The molecule has 6 nitrogen and oxygen atoms in total. The molecule has 1 rings (SSSR count). The van der Waals surface area contributed by atoms with Crippen LogP contribution in [0.2, 0.25) is 0 Å². The highest BCUT2D eigenvalue weighted by Crippen LogP contribution is 2.10. The van der Waals surface area contributed by atoms with E-state index in [2.05, 4.69) is 5.16 Å². The summed E-state index contributed by atoms with van der Waals surface area (Å²) in [5.74, 6) is -1.56. The first kappa shape index (κ1) is 12.7. The molecule has 7 heteroatoms. The summed E-state index contributed by atoms with van der Waals surface area (Å²) >= 11 is 0. The summed E-state index contributed by atoms with van der Waals surface area (Å²) in [5.41, 5.74) is 0.684. The molecular weight excluding hydrogens is 234 g/mol. The molecule has 0 saturated heterocycles. The van der Waals surface area contributed by atoms with Crippen LogP contribution in [0.4, 0.5) is 0 Å². The Balaban J connectivity index is 2.61. The Morgan fingerprint density at radius 1 is 1.56 bits per heavy atom. The molecule has 0 spiro atoms. The van der Waals surface area contributed by atoms with Crippen LogP contribution in [0, 0.1) is 0 Å². The number of hydrogen-bond donors (Lipinski definition) is 1. The van der Waals surface area contributed by atoms with Gasteiger partial charge in [-0.2, -0.15) is 0 Å². The van der Waals surface area contributed by atoms with Crippen LogP contribution in [0.25, 0.3) is 0 Å². The van der Waals surface area contributed by atoms with E-state index in [0.717, 1.165) is 0 Å². The smallest absolute Gasteiger partial charge is 0.304 e. The summed E-state index contributed by atoms with van der Waals surface area (Å²) in [4.78, 5) is 10.2. The molecule has 1 heterocycles. The lowest BCUT2D eigenvalue weighted by Gasteiger charge is -1.98. The van der Waals surface area contributed by atoms with Gasteiger partial charge in [-0.25, -0.2) is 8.42 Å². The van der Waals surface area contributed by atoms with Gasteiger partial charge in [0.15, 0.2) is 15.6 Å². The second-order valence-corrected chi connectivity index (χ2v) is 5.56. The summed E-state index contributed by atoms with van der Waals surface area (Å²) in [5, 5.41) is 12.0. The van der Waals surface area contributed by atoms with Gasteiger partial charge < -0.3 is 9.63 Å². The van der Waals surface area contributed by atoms with Gasteiger partial charge in [0.25, 0.3) is 0 Å². The van der Waals surface area contributed by atoms with E-state index in [1.165, 1.54) is 0 Å². The van der Waals surface area contributed by atoms with Gasteiger partial charge >= 0.3 is 5.97 Å². The van der Waals surface area contributed by atoms with Gasteiger partial charge in [-0.3, -0.25) is 4.79 Å². The van der Waals surface area contributed by atoms with Crippen molar-refractivity contribution in [3.63, 3.8) is 0 Å². The molecule has 0 radical (unpaired) electrons. The number of aromatic nitrogens is 1. The minimum Gasteiger partial charge on any atom is -0.481 e. The van der Waals surface area contributed by atoms with Crippen LogP contribution in [-0.2, 0) is 26.8 Å². The summed E-state index contributed by atoms with van der Waals surface area (Å²) < 4.78 is 27.7.